The number of benzene rings is 1. The van der Waals surface area contributed by atoms with Crippen molar-refractivity contribution in [3.8, 4) is 0 Å². The summed E-state index contributed by atoms with van der Waals surface area (Å²) in [7, 11) is -2.15. The third kappa shape index (κ3) is 4.26. The summed E-state index contributed by atoms with van der Waals surface area (Å²) in [6.45, 7) is 1.77. The first-order chi connectivity index (χ1) is 9.27. The zero-order chi connectivity index (χ0) is 15.3. The monoisotopic (exact) mass is 315 g/mol. The summed E-state index contributed by atoms with van der Waals surface area (Å²) in [5.41, 5.74) is 6.85. The van der Waals surface area contributed by atoms with Gasteiger partial charge in [-0.2, -0.15) is 0 Å². The number of hydrogen-bond acceptors (Lipinski definition) is 4. The molecule has 0 saturated heterocycles. The fourth-order valence-corrected chi connectivity index (χ4v) is 2.93. The van der Waals surface area contributed by atoms with E-state index in [0.717, 1.165) is 0 Å². The SMILES string of the molecule is CNC(=O)CCNS(=O)(=O)c1ccc(C(N)=S)c(C)c1. The van der Waals surface area contributed by atoms with Crippen LogP contribution in [-0.2, 0) is 14.8 Å². The predicted octanol–water partition coefficient (Wildman–Crippen LogP) is 0.0436. The maximum Gasteiger partial charge on any atom is 0.240 e. The Bertz CT molecular complexity index is 627. The lowest BCUT2D eigenvalue weighted by Gasteiger charge is -2.09. The summed E-state index contributed by atoms with van der Waals surface area (Å²) < 4.78 is 26.4. The van der Waals surface area contributed by atoms with Crippen molar-refractivity contribution in [2.24, 2.45) is 5.73 Å². The maximum absolute atomic E-state index is 12.0. The maximum atomic E-state index is 12.0. The van der Waals surface area contributed by atoms with Gasteiger partial charge >= 0.3 is 0 Å². The number of nitrogens with one attached hydrogen (secondary N) is 2. The number of hydrogen-bond donors (Lipinski definition) is 3. The van der Waals surface area contributed by atoms with Gasteiger partial charge in [0.1, 0.15) is 4.99 Å². The molecule has 6 nitrogen and oxygen atoms in total. The minimum absolute atomic E-state index is 0.0398. The van der Waals surface area contributed by atoms with Gasteiger partial charge in [-0.25, -0.2) is 13.1 Å². The Labute approximate surface area is 123 Å². The molecule has 4 N–H and O–H groups in total. The molecule has 1 rings (SSSR count). The smallest absolute Gasteiger partial charge is 0.240 e. The van der Waals surface area contributed by atoms with E-state index in [0.29, 0.717) is 11.1 Å². The van der Waals surface area contributed by atoms with Crippen molar-refractivity contribution >= 4 is 33.1 Å². The number of sulfonamides is 1. The highest BCUT2D eigenvalue weighted by molar-refractivity contribution is 7.89. The Morgan fingerprint density at radius 3 is 2.55 bits per heavy atom. The Morgan fingerprint density at radius 1 is 1.40 bits per heavy atom. The molecule has 20 heavy (non-hydrogen) atoms. The number of carbonyl (C=O) groups excluding carboxylic acids is 1. The van der Waals surface area contributed by atoms with Gasteiger partial charge in [0.2, 0.25) is 15.9 Å². The van der Waals surface area contributed by atoms with Crippen LogP contribution in [0.4, 0.5) is 0 Å². The summed E-state index contributed by atoms with van der Waals surface area (Å²) in [5.74, 6) is -0.229. The molecule has 0 aliphatic carbocycles. The predicted molar refractivity (Wildman–Crippen MR) is 80.9 cm³/mol. The fraction of sp³-hybridized carbons (Fsp3) is 0.333. The highest BCUT2D eigenvalue weighted by atomic mass is 32.2. The van der Waals surface area contributed by atoms with Crippen molar-refractivity contribution in [3.63, 3.8) is 0 Å². The van der Waals surface area contributed by atoms with Crippen LogP contribution in [0.15, 0.2) is 23.1 Å². The van der Waals surface area contributed by atoms with Gasteiger partial charge in [0, 0.05) is 25.6 Å². The molecule has 110 valence electrons. The van der Waals surface area contributed by atoms with E-state index in [1.54, 1.807) is 13.0 Å². The van der Waals surface area contributed by atoms with Gasteiger partial charge in [-0.3, -0.25) is 4.79 Å². The van der Waals surface area contributed by atoms with E-state index in [1.807, 2.05) is 0 Å². The fourth-order valence-electron chi connectivity index (χ4n) is 1.59. The molecule has 0 radical (unpaired) electrons. The number of carbonyl (C=O) groups is 1. The third-order valence-electron chi connectivity index (χ3n) is 2.70. The molecule has 0 aliphatic heterocycles. The highest BCUT2D eigenvalue weighted by Crippen LogP contribution is 2.15. The molecule has 0 aromatic heterocycles. The van der Waals surface area contributed by atoms with Gasteiger partial charge < -0.3 is 11.1 Å². The molecule has 0 heterocycles. The Balaban J connectivity index is 2.85. The van der Waals surface area contributed by atoms with Crippen LogP contribution < -0.4 is 15.8 Å². The Kier molecular flexibility index (Phi) is 5.61. The van der Waals surface area contributed by atoms with Crippen LogP contribution in [-0.4, -0.2) is 32.9 Å². The molecular formula is C12H17N3O3S2. The summed E-state index contributed by atoms with van der Waals surface area (Å²) >= 11 is 4.87. The second-order valence-corrected chi connectivity index (χ2v) is 6.37. The minimum atomic E-state index is -3.64. The van der Waals surface area contributed by atoms with Crippen molar-refractivity contribution in [2.45, 2.75) is 18.2 Å². The zero-order valence-electron chi connectivity index (χ0n) is 11.3. The van der Waals surface area contributed by atoms with E-state index in [4.69, 9.17) is 18.0 Å². The normalized spacial score (nSPS) is 11.1. The van der Waals surface area contributed by atoms with Crippen molar-refractivity contribution in [2.75, 3.05) is 13.6 Å². The van der Waals surface area contributed by atoms with Crippen molar-refractivity contribution in [1.82, 2.24) is 10.0 Å². The van der Waals surface area contributed by atoms with Gasteiger partial charge in [0.25, 0.3) is 0 Å². The largest absolute Gasteiger partial charge is 0.389 e. The Morgan fingerprint density at radius 2 is 2.05 bits per heavy atom. The molecule has 0 aliphatic rings. The second kappa shape index (κ2) is 6.78. The average molecular weight is 315 g/mol. The summed E-state index contributed by atoms with van der Waals surface area (Å²) in [5, 5.41) is 2.42. The minimum Gasteiger partial charge on any atom is -0.389 e. The molecule has 0 atom stereocenters. The quantitative estimate of drug-likeness (QED) is 0.644. The van der Waals surface area contributed by atoms with Gasteiger partial charge in [-0.05, 0) is 24.6 Å². The molecule has 0 saturated carbocycles. The van der Waals surface area contributed by atoms with Crippen LogP contribution in [0.5, 0.6) is 0 Å². The molecule has 0 spiro atoms. The van der Waals surface area contributed by atoms with Crippen molar-refractivity contribution < 1.29 is 13.2 Å². The topological polar surface area (TPSA) is 101 Å². The summed E-state index contributed by atoms with van der Waals surface area (Å²) in [4.78, 5) is 11.4. The van der Waals surface area contributed by atoms with Gasteiger partial charge in [-0.15, -0.1) is 0 Å². The zero-order valence-corrected chi connectivity index (χ0v) is 12.9. The van der Waals surface area contributed by atoms with Crippen molar-refractivity contribution in [3.05, 3.63) is 29.3 Å². The van der Waals surface area contributed by atoms with Crippen LogP contribution in [0.3, 0.4) is 0 Å². The van der Waals surface area contributed by atoms with E-state index >= 15 is 0 Å². The molecule has 1 aromatic rings. The molecule has 0 unspecified atom stereocenters. The van der Waals surface area contributed by atoms with E-state index in [9.17, 15) is 13.2 Å². The summed E-state index contributed by atoms with van der Waals surface area (Å²) in [6, 6.07) is 4.51. The van der Waals surface area contributed by atoms with Crippen LogP contribution in [0.1, 0.15) is 17.5 Å². The Hall–Kier alpha value is -1.51. The van der Waals surface area contributed by atoms with E-state index in [1.165, 1.54) is 19.2 Å². The number of amides is 1. The summed E-state index contributed by atoms with van der Waals surface area (Å²) in [6.07, 6.45) is 0.0830. The van der Waals surface area contributed by atoms with Crippen LogP contribution in [0, 0.1) is 6.92 Å². The van der Waals surface area contributed by atoms with Gasteiger partial charge in [0.15, 0.2) is 0 Å². The molecule has 1 aromatic carbocycles. The first-order valence-corrected chi connectivity index (χ1v) is 7.78. The number of nitrogens with two attached hydrogens (primary N) is 1. The van der Waals surface area contributed by atoms with Crippen LogP contribution in [0.25, 0.3) is 0 Å². The first kappa shape index (κ1) is 16.5. The first-order valence-electron chi connectivity index (χ1n) is 5.88. The highest BCUT2D eigenvalue weighted by Gasteiger charge is 2.15. The number of thiocarbonyl (C=S) groups is 1. The average Bonchev–Trinajstić information content (AvgIpc) is 2.37. The molecule has 0 bridgehead atoms. The number of rotatable bonds is 6. The molecular weight excluding hydrogens is 298 g/mol. The molecule has 1 amide bonds. The number of aryl methyl sites for hydroxylation is 1. The van der Waals surface area contributed by atoms with Crippen LogP contribution in [0.2, 0.25) is 0 Å². The van der Waals surface area contributed by atoms with E-state index < -0.39 is 10.0 Å². The van der Waals surface area contributed by atoms with Gasteiger partial charge in [0.05, 0.1) is 4.90 Å². The lowest BCUT2D eigenvalue weighted by atomic mass is 10.1. The third-order valence-corrected chi connectivity index (χ3v) is 4.38. The van der Waals surface area contributed by atoms with E-state index in [2.05, 4.69) is 10.0 Å². The van der Waals surface area contributed by atoms with E-state index in [-0.39, 0.29) is 28.8 Å². The van der Waals surface area contributed by atoms with Gasteiger partial charge in [-0.1, -0.05) is 18.3 Å². The van der Waals surface area contributed by atoms with Crippen molar-refractivity contribution in [1.29, 1.82) is 0 Å². The molecule has 0 fully saturated rings. The van der Waals surface area contributed by atoms with Crippen LogP contribution >= 0.6 is 12.2 Å². The molecule has 8 heteroatoms. The standard InChI is InChI=1S/C12H17N3O3S2/c1-8-7-9(3-4-10(8)12(13)19)20(17,18)15-6-5-11(16)14-2/h3-4,7,15H,5-6H2,1-2H3,(H2,13,19)(H,14,16). The lowest BCUT2D eigenvalue weighted by molar-refractivity contribution is -0.120. The second-order valence-electron chi connectivity index (χ2n) is 4.16. The lowest BCUT2D eigenvalue weighted by Crippen LogP contribution is -2.29.